The van der Waals surface area contributed by atoms with Crippen LogP contribution < -0.4 is 11.1 Å². The smallest absolute Gasteiger partial charge is 0.251 e. The van der Waals surface area contributed by atoms with Gasteiger partial charge in [-0.15, -0.1) is 0 Å². The average molecular weight is 503 g/mol. The first kappa shape index (κ1) is 29.4. The lowest BCUT2D eigenvalue weighted by Gasteiger charge is -2.29. The molecule has 0 unspecified atom stereocenters. The van der Waals surface area contributed by atoms with Crippen molar-refractivity contribution in [3.63, 3.8) is 0 Å². The second kappa shape index (κ2) is 12.9. The number of fused-ring (bicyclic) bond motifs is 2. The van der Waals surface area contributed by atoms with E-state index in [1.54, 1.807) is 32.1 Å². The van der Waals surface area contributed by atoms with Gasteiger partial charge in [0.1, 0.15) is 12.2 Å². The number of methoxy groups -OCH3 is 2. The Labute approximate surface area is 212 Å². The minimum Gasteiger partial charge on any atom is -0.395 e. The molecule has 5 N–H and O–H groups in total. The molecule has 1 heterocycles. The van der Waals surface area contributed by atoms with Crippen molar-refractivity contribution in [3.05, 3.63) is 58.5 Å². The molecule has 0 spiro atoms. The maximum atomic E-state index is 13.1. The van der Waals surface area contributed by atoms with Crippen molar-refractivity contribution in [2.45, 2.75) is 65.0 Å². The van der Waals surface area contributed by atoms with E-state index in [1.165, 1.54) is 20.3 Å². The minimum absolute atomic E-state index is 0.129. The summed E-state index contributed by atoms with van der Waals surface area (Å²) in [6.45, 7) is 7.00. The molecule has 2 bridgehead atoms. The van der Waals surface area contributed by atoms with Gasteiger partial charge in [-0.05, 0) is 38.2 Å². The second-order valence-corrected chi connectivity index (χ2v) is 9.56. The Hall–Kier alpha value is -2.85. The highest BCUT2D eigenvalue weighted by atomic mass is 16.5. The van der Waals surface area contributed by atoms with Crippen molar-refractivity contribution in [2.75, 3.05) is 14.2 Å². The maximum absolute atomic E-state index is 13.1. The Kier molecular flexibility index (Phi) is 10.5. The Morgan fingerprint density at radius 3 is 2.36 bits per heavy atom. The van der Waals surface area contributed by atoms with Gasteiger partial charge in [0.15, 0.2) is 0 Å². The predicted molar refractivity (Wildman–Crippen MR) is 135 cm³/mol. The van der Waals surface area contributed by atoms with Crippen molar-refractivity contribution < 1.29 is 34.1 Å². The zero-order valence-electron chi connectivity index (χ0n) is 21.8. The van der Waals surface area contributed by atoms with Crippen LogP contribution in [0.4, 0.5) is 0 Å². The minimum atomic E-state index is -0.978. The lowest BCUT2D eigenvalue weighted by atomic mass is 9.85. The molecule has 0 aromatic rings. The van der Waals surface area contributed by atoms with Gasteiger partial charge in [-0.25, -0.2) is 0 Å². The van der Waals surface area contributed by atoms with Crippen molar-refractivity contribution >= 4 is 17.5 Å². The maximum Gasteiger partial charge on any atom is 0.251 e. The highest BCUT2D eigenvalue weighted by Crippen LogP contribution is 2.27. The summed E-state index contributed by atoms with van der Waals surface area (Å²) in [4.78, 5) is 38.2. The Morgan fingerprint density at radius 1 is 1.08 bits per heavy atom. The van der Waals surface area contributed by atoms with E-state index in [4.69, 9.17) is 15.2 Å². The molecule has 9 nitrogen and oxygen atoms in total. The Bertz CT molecular complexity index is 1020. The summed E-state index contributed by atoms with van der Waals surface area (Å²) >= 11 is 0. The average Bonchev–Trinajstić information content (AvgIpc) is 2.84. The van der Waals surface area contributed by atoms with Crippen LogP contribution in [0.2, 0.25) is 0 Å². The molecule has 6 atom stereocenters. The van der Waals surface area contributed by atoms with Gasteiger partial charge < -0.3 is 30.7 Å². The van der Waals surface area contributed by atoms with Crippen LogP contribution in [0.15, 0.2) is 58.5 Å². The third-order valence-electron chi connectivity index (χ3n) is 6.62. The number of aliphatic hydroxyl groups is 2. The highest BCUT2D eigenvalue weighted by molar-refractivity contribution is 6.23. The molecule has 0 saturated heterocycles. The van der Waals surface area contributed by atoms with Gasteiger partial charge in [0, 0.05) is 37.4 Å². The molecule has 0 aromatic carbocycles. The molecule has 0 fully saturated rings. The van der Waals surface area contributed by atoms with E-state index in [0.29, 0.717) is 12.0 Å². The number of aliphatic hydroxyl groups excluding tert-OH is 2. The van der Waals surface area contributed by atoms with Crippen LogP contribution in [0.3, 0.4) is 0 Å². The molecule has 1 aliphatic carbocycles. The summed E-state index contributed by atoms with van der Waals surface area (Å²) in [6, 6.07) is 0. The van der Waals surface area contributed by atoms with Crippen LogP contribution >= 0.6 is 0 Å². The van der Waals surface area contributed by atoms with Gasteiger partial charge in [-0.1, -0.05) is 38.2 Å². The number of allylic oxidation sites excluding steroid dienone is 4. The third kappa shape index (κ3) is 7.10. The van der Waals surface area contributed by atoms with Crippen LogP contribution in [0.5, 0.6) is 0 Å². The highest BCUT2D eigenvalue weighted by Gasteiger charge is 2.32. The number of hydrogen-bond donors (Lipinski definition) is 4. The third-order valence-corrected chi connectivity index (χ3v) is 6.62. The Balaban J connectivity index is 2.50. The summed E-state index contributed by atoms with van der Waals surface area (Å²) < 4.78 is 11.0. The Morgan fingerprint density at radius 2 is 1.75 bits per heavy atom. The fourth-order valence-electron chi connectivity index (χ4n) is 4.34. The van der Waals surface area contributed by atoms with E-state index in [-0.39, 0.29) is 40.8 Å². The molecule has 0 radical (unpaired) electrons. The first-order valence-corrected chi connectivity index (χ1v) is 12.0. The van der Waals surface area contributed by atoms with Crippen molar-refractivity contribution in [1.29, 1.82) is 0 Å². The molecule has 36 heavy (non-hydrogen) atoms. The first-order valence-electron chi connectivity index (χ1n) is 12.0. The molecular weight excluding hydrogens is 464 g/mol. The summed E-state index contributed by atoms with van der Waals surface area (Å²) in [5, 5.41) is 24.3. The normalized spacial score (nSPS) is 35.3. The SMILES string of the molecule is CO[C@H]1/C=C/C=C(\C)C(=O)NC2=CC(=O)C(N)=C(C[C@@H](C)C[C@H](OC)[C@H](O)[C@@H](C)/C=C(\C)[C@@H]1O)C2=O. The van der Waals surface area contributed by atoms with Gasteiger partial charge in [-0.3, -0.25) is 14.4 Å². The van der Waals surface area contributed by atoms with Gasteiger partial charge in [-0.2, -0.15) is 0 Å². The first-order chi connectivity index (χ1) is 16.9. The van der Waals surface area contributed by atoms with E-state index in [0.717, 1.165) is 6.08 Å². The number of carbonyl (C=O) groups excluding carboxylic acids is 3. The van der Waals surface area contributed by atoms with Crippen molar-refractivity contribution in [1.82, 2.24) is 5.32 Å². The number of hydrogen-bond acceptors (Lipinski definition) is 8. The predicted octanol–water partition coefficient (Wildman–Crippen LogP) is 1.62. The van der Waals surface area contributed by atoms with Crippen LogP contribution in [0, 0.1) is 11.8 Å². The number of amides is 1. The van der Waals surface area contributed by atoms with E-state index < -0.39 is 41.9 Å². The van der Waals surface area contributed by atoms with Crippen molar-refractivity contribution in [3.8, 4) is 0 Å². The van der Waals surface area contributed by atoms with E-state index in [9.17, 15) is 24.6 Å². The van der Waals surface area contributed by atoms with Gasteiger partial charge in [0.25, 0.3) is 5.91 Å². The van der Waals surface area contributed by atoms with Gasteiger partial charge >= 0.3 is 0 Å². The number of Topliss-reactive ketones (excluding diaryl/α,β-unsaturated/α-hetero) is 1. The van der Waals surface area contributed by atoms with Crippen molar-refractivity contribution in [2.24, 2.45) is 17.6 Å². The number of nitrogens with two attached hydrogens (primary N) is 1. The number of carbonyl (C=O) groups is 3. The van der Waals surface area contributed by atoms with Gasteiger partial charge in [0.2, 0.25) is 11.6 Å². The number of rotatable bonds is 2. The number of ether oxygens (including phenoxy) is 2. The number of ketones is 2. The molecule has 1 aliphatic heterocycles. The van der Waals surface area contributed by atoms with Crippen LogP contribution in [0.1, 0.15) is 40.5 Å². The summed E-state index contributed by atoms with van der Waals surface area (Å²) in [5.41, 5.74) is 6.69. The van der Waals surface area contributed by atoms with Crippen LogP contribution in [-0.4, -0.2) is 66.3 Å². The molecule has 1 amide bonds. The van der Waals surface area contributed by atoms with E-state index in [1.807, 2.05) is 13.8 Å². The van der Waals surface area contributed by atoms with E-state index in [2.05, 4.69) is 5.32 Å². The topological polar surface area (TPSA) is 148 Å². The number of nitrogens with one attached hydrogen (secondary N) is 1. The van der Waals surface area contributed by atoms with E-state index >= 15 is 0 Å². The summed E-state index contributed by atoms with van der Waals surface area (Å²) in [5.74, 6) is -2.16. The lowest BCUT2D eigenvalue weighted by molar-refractivity contribution is -0.120. The molecule has 9 heteroatoms. The molecular formula is C27H38N2O7. The van der Waals surface area contributed by atoms with Gasteiger partial charge in [0.05, 0.1) is 23.6 Å². The molecule has 2 rings (SSSR count). The molecule has 2 aliphatic rings. The van der Waals surface area contributed by atoms with Crippen LogP contribution in [0.25, 0.3) is 0 Å². The zero-order valence-corrected chi connectivity index (χ0v) is 21.8. The van der Waals surface area contributed by atoms with Crippen LogP contribution in [-0.2, 0) is 23.9 Å². The second-order valence-electron chi connectivity index (χ2n) is 9.56. The summed E-state index contributed by atoms with van der Waals surface area (Å²) in [6.07, 6.45) is 4.89. The molecule has 0 saturated carbocycles. The fraction of sp³-hybridized carbons (Fsp3) is 0.519. The lowest BCUT2D eigenvalue weighted by Crippen LogP contribution is -2.36. The molecule has 198 valence electrons. The largest absolute Gasteiger partial charge is 0.395 e. The molecule has 0 aromatic heterocycles. The summed E-state index contributed by atoms with van der Waals surface area (Å²) in [7, 11) is 2.95. The monoisotopic (exact) mass is 502 g/mol. The fourth-order valence-corrected chi connectivity index (χ4v) is 4.34. The standard InChI is InChI=1S/C27H38N2O7/c1-14-10-18-23(28)20(30)13-19(26(18)33)29-27(34)15(2)8-7-9-21(35-5)24(31)16(3)12-17(4)25(32)22(11-14)36-6/h7-9,12-14,17,21-22,24-25,31-32H,10-11,28H2,1-6H3,(H,29,34)/b9-7+,15-8+,16-12+/t14-,17+,21+,22+,24+,25-/m1/s1. The zero-order chi connectivity index (χ0) is 27.2. The quantitative estimate of drug-likeness (QED) is 0.329.